The molecule has 2 aliphatic carbocycles. The molecule has 0 bridgehead atoms. The van der Waals surface area contributed by atoms with Crippen LogP contribution in [0.3, 0.4) is 0 Å². The van der Waals surface area contributed by atoms with Gasteiger partial charge >= 0.3 is 0 Å². The zero-order valence-electron chi connectivity index (χ0n) is 16.7. The number of piperidine rings is 1. The third-order valence-electron chi connectivity index (χ3n) is 7.82. The highest BCUT2D eigenvalue weighted by atomic mass is 16.5. The SMILES string of the molecule is COCC(=O)N1CCc2[nH]cnc2C12CCN(C(=O)[C@@H]1CC13CCCC3)CC2. The molecular weight excluding hydrogens is 356 g/mol. The number of hydrogen-bond donors (Lipinski definition) is 1. The molecule has 0 unspecified atom stereocenters. The quantitative estimate of drug-likeness (QED) is 0.860. The summed E-state index contributed by atoms with van der Waals surface area (Å²) in [7, 11) is 1.56. The number of carbonyl (C=O) groups is 2. The molecule has 1 aromatic rings. The monoisotopic (exact) mass is 386 g/mol. The molecule has 1 atom stereocenters. The van der Waals surface area contributed by atoms with Gasteiger partial charge in [0, 0.05) is 44.8 Å². The van der Waals surface area contributed by atoms with Gasteiger partial charge in [0.05, 0.1) is 17.6 Å². The van der Waals surface area contributed by atoms with Crippen LogP contribution in [0.25, 0.3) is 0 Å². The first-order valence-electron chi connectivity index (χ1n) is 10.7. The van der Waals surface area contributed by atoms with Crippen molar-refractivity contribution < 1.29 is 14.3 Å². The van der Waals surface area contributed by atoms with E-state index in [0.717, 1.165) is 37.1 Å². The maximum atomic E-state index is 13.1. The Balaban J connectivity index is 1.34. The molecule has 2 amide bonds. The average molecular weight is 386 g/mol. The molecule has 7 heteroatoms. The molecule has 2 saturated carbocycles. The van der Waals surface area contributed by atoms with E-state index in [1.54, 1.807) is 13.4 Å². The lowest BCUT2D eigenvalue weighted by Gasteiger charge is -2.50. The van der Waals surface area contributed by atoms with E-state index >= 15 is 0 Å². The van der Waals surface area contributed by atoms with Gasteiger partial charge in [-0.1, -0.05) is 12.8 Å². The molecule has 7 nitrogen and oxygen atoms in total. The summed E-state index contributed by atoms with van der Waals surface area (Å²) in [4.78, 5) is 37.8. The van der Waals surface area contributed by atoms with Gasteiger partial charge in [0.25, 0.3) is 0 Å². The van der Waals surface area contributed by atoms with E-state index in [9.17, 15) is 9.59 Å². The number of hydrogen-bond acceptors (Lipinski definition) is 4. The van der Waals surface area contributed by atoms with Crippen LogP contribution in [-0.4, -0.2) is 64.9 Å². The molecule has 0 aromatic carbocycles. The lowest BCUT2D eigenvalue weighted by atomic mass is 9.78. The maximum Gasteiger partial charge on any atom is 0.249 e. The number of aromatic nitrogens is 2. The number of fused-ring (bicyclic) bond motifs is 2. The summed E-state index contributed by atoms with van der Waals surface area (Å²) in [6.07, 6.45) is 10.2. The molecule has 2 spiro atoms. The highest BCUT2D eigenvalue weighted by Gasteiger charge is 2.60. The smallest absolute Gasteiger partial charge is 0.249 e. The zero-order chi connectivity index (χ0) is 19.4. The number of carbonyl (C=O) groups excluding carboxylic acids is 2. The molecule has 1 aromatic heterocycles. The van der Waals surface area contributed by atoms with Crippen LogP contribution >= 0.6 is 0 Å². The van der Waals surface area contributed by atoms with E-state index in [1.165, 1.54) is 25.7 Å². The molecule has 3 fully saturated rings. The highest BCUT2D eigenvalue weighted by Crippen LogP contribution is 2.63. The summed E-state index contributed by atoms with van der Waals surface area (Å²) >= 11 is 0. The van der Waals surface area contributed by atoms with Gasteiger partial charge in [-0.25, -0.2) is 4.98 Å². The van der Waals surface area contributed by atoms with Gasteiger partial charge in [-0.15, -0.1) is 0 Å². The van der Waals surface area contributed by atoms with E-state index in [-0.39, 0.29) is 18.4 Å². The third kappa shape index (κ3) is 2.62. The van der Waals surface area contributed by atoms with Crippen LogP contribution in [-0.2, 0) is 26.3 Å². The van der Waals surface area contributed by atoms with Crippen LogP contribution in [0.2, 0.25) is 0 Å². The standard InChI is InChI=1S/C21H30N4O3/c1-28-13-17(26)25-9-4-16-18(23-14-22-16)21(25)7-10-24(11-8-21)19(27)15-12-20(15)5-2-3-6-20/h14-15H,2-13H2,1H3,(H,22,23)/t15-/m0/s1. The molecule has 3 heterocycles. The molecule has 0 radical (unpaired) electrons. The lowest BCUT2D eigenvalue weighted by molar-refractivity contribution is -0.148. The normalized spacial score (nSPS) is 27.2. The summed E-state index contributed by atoms with van der Waals surface area (Å²) in [6, 6.07) is 0. The minimum absolute atomic E-state index is 0.0167. The Morgan fingerprint density at radius 3 is 2.68 bits per heavy atom. The van der Waals surface area contributed by atoms with Crippen molar-refractivity contribution in [3.63, 3.8) is 0 Å². The van der Waals surface area contributed by atoms with Crippen molar-refractivity contribution in [2.45, 2.75) is 56.9 Å². The molecule has 1 N–H and O–H groups in total. The summed E-state index contributed by atoms with van der Waals surface area (Å²) < 4.78 is 5.13. The minimum Gasteiger partial charge on any atom is -0.375 e. The first kappa shape index (κ1) is 18.2. The van der Waals surface area contributed by atoms with E-state index < -0.39 is 5.54 Å². The van der Waals surface area contributed by atoms with Crippen LogP contribution in [0.5, 0.6) is 0 Å². The van der Waals surface area contributed by atoms with Crippen LogP contribution in [0, 0.1) is 11.3 Å². The summed E-state index contributed by atoms with van der Waals surface area (Å²) in [5.41, 5.74) is 2.06. The molecule has 5 rings (SSSR count). The van der Waals surface area contributed by atoms with Gasteiger partial charge < -0.3 is 19.5 Å². The van der Waals surface area contributed by atoms with Gasteiger partial charge in [-0.05, 0) is 37.5 Å². The van der Waals surface area contributed by atoms with Crippen molar-refractivity contribution >= 4 is 11.8 Å². The second-order valence-electron chi connectivity index (χ2n) is 9.14. The van der Waals surface area contributed by atoms with E-state index in [1.807, 2.05) is 4.90 Å². The topological polar surface area (TPSA) is 78.5 Å². The van der Waals surface area contributed by atoms with Crippen LogP contribution in [0.1, 0.15) is 56.3 Å². The van der Waals surface area contributed by atoms with E-state index in [2.05, 4.69) is 14.9 Å². The fourth-order valence-electron chi connectivity index (χ4n) is 6.20. The second-order valence-corrected chi connectivity index (χ2v) is 9.14. The number of nitrogens with one attached hydrogen (secondary N) is 1. The summed E-state index contributed by atoms with van der Waals surface area (Å²) in [5.74, 6) is 0.621. The number of aromatic amines is 1. The number of nitrogens with zero attached hydrogens (tertiary/aromatic N) is 3. The van der Waals surface area contributed by atoms with E-state index in [0.29, 0.717) is 31.0 Å². The Labute approximate surface area is 165 Å². The Morgan fingerprint density at radius 2 is 1.96 bits per heavy atom. The van der Waals surface area contributed by atoms with Gasteiger partial charge in [0.2, 0.25) is 11.8 Å². The first-order valence-corrected chi connectivity index (χ1v) is 10.7. The fourth-order valence-corrected chi connectivity index (χ4v) is 6.20. The molecule has 1 saturated heterocycles. The van der Waals surface area contributed by atoms with Crippen molar-refractivity contribution in [1.82, 2.24) is 19.8 Å². The predicted octanol–water partition coefficient (Wildman–Crippen LogP) is 1.84. The Kier molecular flexibility index (Phi) is 4.27. The Bertz CT molecular complexity index is 774. The number of amides is 2. The van der Waals surface area contributed by atoms with Gasteiger partial charge in [-0.3, -0.25) is 9.59 Å². The number of rotatable bonds is 3. The number of ether oxygens (including phenoxy) is 1. The highest BCUT2D eigenvalue weighted by molar-refractivity contribution is 5.83. The maximum absolute atomic E-state index is 13.1. The zero-order valence-corrected chi connectivity index (χ0v) is 16.7. The predicted molar refractivity (Wildman–Crippen MR) is 102 cm³/mol. The Hall–Kier alpha value is -1.89. The first-order chi connectivity index (χ1) is 13.6. The summed E-state index contributed by atoms with van der Waals surface area (Å²) in [6.45, 7) is 2.18. The van der Waals surface area contributed by atoms with Crippen molar-refractivity contribution in [2.24, 2.45) is 11.3 Å². The van der Waals surface area contributed by atoms with Crippen LogP contribution in [0.15, 0.2) is 6.33 Å². The number of imidazole rings is 1. The average Bonchev–Trinajstić information content (AvgIpc) is 3.02. The van der Waals surface area contributed by atoms with Gasteiger partial charge in [0.1, 0.15) is 6.61 Å². The molecule has 2 aliphatic heterocycles. The molecular formula is C21H30N4O3. The van der Waals surface area contributed by atoms with Crippen molar-refractivity contribution in [3.05, 3.63) is 17.7 Å². The van der Waals surface area contributed by atoms with Crippen molar-refractivity contribution in [1.29, 1.82) is 0 Å². The van der Waals surface area contributed by atoms with Crippen LogP contribution in [0.4, 0.5) is 0 Å². The number of methoxy groups -OCH3 is 1. The van der Waals surface area contributed by atoms with Crippen molar-refractivity contribution in [2.75, 3.05) is 33.4 Å². The van der Waals surface area contributed by atoms with Crippen LogP contribution < -0.4 is 0 Å². The van der Waals surface area contributed by atoms with Gasteiger partial charge in [0.15, 0.2) is 0 Å². The molecule has 28 heavy (non-hydrogen) atoms. The van der Waals surface area contributed by atoms with E-state index in [4.69, 9.17) is 4.74 Å². The Morgan fingerprint density at radius 1 is 1.21 bits per heavy atom. The largest absolute Gasteiger partial charge is 0.375 e. The second kappa shape index (κ2) is 6.58. The third-order valence-corrected chi connectivity index (χ3v) is 7.82. The fraction of sp³-hybridized carbons (Fsp3) is 0.762. The number of likely N-dealkylation sites (tertiary alicyclic amines) is 1. The number of H-pyrrole nitrogens is 1. The minimum atomic E-state index is -0.408. The summed E-state index contributed by atoms with van der Waals surface area (Å²) in [5, 5.41) is 0. The van der Waals surface area contributed by atoms with Gasteiger partial charge in [-0.2, -0.15) is 0 Å². The lowest BCUT2D eigenvalue weighted by Crippen LogP contribution is -2.59. The van der Waals surface area contributed by atoms with Crippen molar-refractivity contribution in [3.8, 4) is 0 Å². The molecule has 152 valence electrons. The molecule has 4 aliphatic rings.